The normalized spacial score (nSPS) is 10.8. The summed E-state index contributed by atoms with van der Waals surface area (Å²) in [5.41, 5.74) is 1.11. The number of halogens is 2. The Bertz CT molecular complexity index is 972. The second kappa shape index (κ2) is 6.38. The molecule has 0 aliphatic carbocycles. The fourth-order valence-corrected chi connectivity index (χ4v) is 2.41. The summed E-state index contributed by atoms with van der Waals surface area (Å²) in [6.07, 6.45) is 0. The van der Waals surface area contributed by atoms with Gasteiger partial charge < -0.3 is 10.3 Å². The standard InChI is InChI=1S/C14H10Cl2N6O/c15-8-2-1-7(3-9(8)16)5-18-6-11-19-12-10(4-17)21-22-13(12)14(23)20-11/h1-3,18H,5-6H2,(H,21,22)(H,19,20,23). The highest BCUT2D eigenvalue weighted by Crippen LogP contribution is 2.22. The van der Waals surface area contributed by atoms with E-state index in [0.29, 0.717) is 29.0 Å². The number of benzene rings is 1. The number of H-pyrrole nitrogens is 2. The number of aromatic nitrogens is 4. The topological polar surface area (TPSA) is 110 Å². The van der Waals surface area contributed by atoms with Crippen molar-refractivity contribution in [3.63, 3.8) is 0 Å². The molecule has 116 valence electrons. The quantitative estimate of drug-likeness (QED) is 0.668. The highest BCUT2D eigenvalue weighted by molar-refractivity contribution is 6.42. The third-order valence-electron chi connectivity index (χ3n) is 3.18. The highest BCUT2D eigenvalue weighted by Gasteiger charge is 2.11. The number of nitrogens with zero attached hydrogens (tertiary/aromatic N) is 3. The summed E-state index contributed by atoms with van der Waals surface area (Å²) < 4.78 is 0. The summed E-state index contributed by atoms with van der Waals surface area (Å²) in [4.78, 5) is 18.8. The van der Waals surface area contributed by atoms with Crippen LogP contribution in [0.15, 0.2) is 23.0 Å². The van der Waals surface area contributed by atoms with Gasteiger partial charge >= 0.3 is 0 Å². The number of fused-ring (bicyclic) bond motifs is 1. The van der Waals surface area contributed by atoms with Gasteiger partial charge in [-0.15, -0.1) is 0 Å². The minimum Gasteiger partial charge on any atom is -0.307 e. The van der Waals surface area contributed by atoms with Gasteiger partial charge in [0, 0.05) is 6.54 Å². The molecule has 0 atom stereocenters. The lowest BCUT2D eigenvalue weighted by molar-refractivity contribution is 0.663. The van der Waals surface area contributed by atoms with Gasteiger partial charge in [0.25, 0.3) is 5.56 Å². The van der Waals surface area contributed by atoms with E-state index in [1.54, 1.807) is 12.1 Å². The van der Waals surface area contributed by atoms with Crippen molar-refractivity contribution < 1.29 is 0 Å². The van der Waals surface area contributed by atoms with Crippen LogP contribution >= 0.6 is 23.2 Å². The van der Waals surface area contributed by atoms with Crippen LogP contribution in [0, 0.1) is 11.3 Å². The summed E-state index contributed by atoms with van der Waals surface area (Å²) in [5, 5.41) is 19.3. The molecular formula is C14H10Cl2N6O. The summed E-state index contributed by atoms with van der Waals surface area (Å²) in [7, 11) is 0. The minimum absolute atomic E-state index is 0.120. The van der Waals surface area contributed by atoms with Gasteiger partial charge in [0.1, 0.15) is 17.4 Å². The van der Waals surface area contributed by atoms with Gasteiger partial charge in [0.05, 0.1) is 16.6 Å². The fourth-order valence-electron chi connectivity index (χ4n) is 2.09. The zero-order chi connectivity index (χ0) is 16.4. The first-order chi connectivity index (χ1) is 11.1. The molecule has 0 unspecified atom stereocenters. The monoisotopic (exact) mass is 348 g/mol. The maximum Gasteiger partial charge on any atom is 0.279 e. The number of aromatic amines is 2. The van der Waals surface area contributed by atoms with E-state index in [-0.39, 0.29) is 22.3 Å². The van der Waals surface area contributed by atoms with Crippen molar-refractivity contribution in [3.8, 4) is 6.07 Å². The van der Waals surface area contributed by atoms with E-state index in [1.807, 2.05) is 12.1 Å². The molecule has 9 heteroatoms. The van der Waals surface area contributed by atoms with E-state index >= 15 is 0 Å². The molecule has 0 radical (unpaired) electrons. The smallest absolute Gasteiger partial charge is 0.279 e. The first-order valence-corrected chi connectivity index (χ1v) is 7.36. The summed E-state index contributed by atoms with van der Waals surface area (Å²) in [6.45, 7) is 0.844. The van der Waals surface area contributed by atoms with E-state index in [0.717, 1.165) is 5.56 Å². The van der Waals surface area contributed by atoms with Crippen molar-refractivity contribution in [2.24, 2.45) is 0 Å². The fraction of sp³-hybridized carbons (Fsp3) is 0.143. The van der Waals surface area contributed by atoms with Gasteiger partial charge in [0.2, 0.25) is 0 Å². The van der Waals surface area contributed by atoms with Crippen molar-refractivity contribution in [3.05, 3.63) is 55.7 Å². The SMILES string of the molecule is N#Cc1[nH]nc2c(=O)[nH]c(CNCc3ccc(Cl)c(Cl)c3)nc12. The van der Waals surface area contributed by atoms with Crippen molar-refractivity contribution in [2.45, 2.75) is 13.1 Å². The van der Waals surface area contributed by atoms with E-state index in [2.05, 4.69) is 25.5 Å². The second-order valence-corrected chi connectivity index (χ2v) is 5.59. The van der Waals surface area contributed by atoms with Gasteiger partial charge in [-0.25, -0.2) is 4.98 Å². The Morgan fingerprint density at radius 2 is 2.04 bits per heavy atom. The summed E-state index contributed by atoms with van der Waals surface area (Å²) in [6, 6.07) is 7.25. The Kier molecular flexibility index (Phi) is 4.30. The van der Waals surface area contributed by atoms with Crippen LogP contribution in [0.2, 0.25) is 10.0 Å². The second-order valence-electron chi connectivity index (χ2n) is 4.77. The predicted octanol–water partition coefficient (Wildman–Crippen LogP) is 2.11. The molecule has 0 spiro atoms. The van der Waals surface area contributed by atoms with Gasteiger partial charge in [-0.2, -0.15) is 10.4 Å². The van der Waals surface area contributed by atoms with Crippen molar-refractivity contribution in [1.82, 2.24) is 25.5 Å². The lowest BCUT2D eigenvalue weighted by atomic mass is 10.2. The first kappa shape index (κ1) is 15.5. The van der Waals surface area contributed by atoms with Crippen molar-refractivity contribution >= 4 is 34.2 Å². The number of nitriles is 1. The van der Waals surface area contributed by atoms with Crippen LogP contribution in [0.25, 0.3) is 11.0 Å². The first-order valence-electron chi connectivity index (χ1n) is 6.60. The Balaban J connectivity index is 1.75. The molecule has 0 saturated carbocycles. The van der Waals surface area contributed by atoms with Crippen molar-refractivity contribution in [2.75, 3.05) is 0 Å². The van der Waals surface area contributed by atoms with Crippen LogP contribution in [0.5, 0.6) is 0 Å². The maximum atomic E-state index is 11.9. The van der Waals surface area contributed by atoms with E-state index in [1.165, 1.54) is 0 Å². The number of nitrogens with one attached hydrogen (secondary N) is 3. The molecular weight excluding hydrogens is 339 g/mol. The summed E-state index contributed by atoms with van der Waals surface area (Å²) >= 11 is 11.8. The highest BCUT2D eigenvalue weighted by atomic mass is 35.5. The van der Waals surface area contributed by atoms with E-state index < -0.39 is 0 Å². The Labute approximate surface area is 140 Å². The maximum absolute atomic E-state index is 11.9. The molecule has 0 amide bonds. The van der Waals surface area contributed by atoms with Crippen molar-refractivity contribution in [1.29, 1.82) is 5.26 Å². The molecule has 3 rings (SSSR count). The lowest BCUT2D eigenvalue weighted by Crippen LogP contribution is -2.19. The molecule has 0 fully saturated rings. The predicted molar refractivity (Wildman–Crippen MR) is 86.2 cm³/mol. The van der Waals surface area contributed by atoms with Crippen LogP contribution in [0.1, 0.15) is 17.1 Å². The molecule has 7 nitrogen and oxygen atoms in total. The summed E-state index contributed by atoms with van der Waals surface area (Å²) in [5.74, 6) is 0.417. The third-order valence-corrected chi connectivity index (χ3v) is 3.92. The molecule has 3 aromatic rings. The van der Waals surface area contributed by atoms with Gasteiger partial charge in [-0.1, -0.05) is 29.3 Å². The van der Waals surface area contributed by atoms with E-state index in [4.69, 9.17) is 28.5 Å². The molecule has 0 aliphatic rings. The van der Waals surface area contributed by atoms with Gasteiger partial charge in [0.15, 0.2) is 11.2 Å². The lowest BCUT2D eigenvalue weighted by Gasteiger charge is -2.06. The zero-order valence-electron chi connectivity index (χ0n) is 11.7. The van der Waals surface area contributed by atoms with Crippen LogP contribution in [-0.2, 0) is 13.1 Å². The molecule has 2 heterocycles. The average molecular weight is 349 g/mol. The zero-order valence-corrected chi connectivity index (χ0v) is 13.2. The molecule has 0 saturated heterocycles. The van der Waals surface area contributed by atoms with Crippen LogP contribution in [0.3, 0.4) is 0 Å². The molecule has 3 N–H and O–H groups in total. The van der Waals surface area contributed by atoms with E-state index in [9.17, 15) is 4.79 Å². The number of hydrogen-bond donors (Lipinski definition) is 3. The number of hydrogen-bond acceptors (Lipinski definition) is 5. The van der Waals surface area contributed by atoms with Crippen LogP contribution in [-0.4, -0.2) is 20.2 Å². The molecule has 1 aromatic carbocycles. The Hall–Kier alpha value is -2.40. The molecule has 23 heavy (non-hydrogen) atoms. The largest absolute Gasteiger partial charge is 0.307 e. The van der Waals surface area contributed by atoms with Crippen LogP contribution in [0.4, 0.5) is 0 Å². The van der Waals surface area contributed by atoms with Crippen LogP contribution < -0.4 is 10.9 Å². The van der Waals surface area contributed by atoms with Gasteiger partial charge in [-0.3, -0.25) is 9.89 Å². The molecule has 2 aromatic heterocycles. The minimum atomic E-state index is -0.390. The van der Waals surface area contributed by atoms with Gasteiger partial charge in [-0.05, 0) is 17.7 Å². The average Bonchev–Trinajstić information content (AvgIpc) is 2.94. The molecule has 0 bridgehead atoms. The number of rotatable bonds is 4. The Morgan fingerprint density at radius 1 is 1.22 bits per heavy atom. The molecule has 0 aliphatic heterocycles. The third kappa shape index (κ3) is 3.19. The Morgan fingerprint density at radius 3 is 2.78 bits per heavy atom.